The third-order valence-corrected chi connectivity index (χ3v) is 5.62. The van der Waals surface area contributed by atoms with Crippen molar-refractivity contribution in [1.82, 2.24) is 9.29 Å². The summed E-state index contributed by atoms with van der Waals surface area (Å²) in [4.78, 5) is 4.15. The molecule has 0 amide bonds. The van der Waals surface area contributed by atoms with Gasteiger partial charge < -0.3 is 9.29 Å². The van der Waals surface area contributed by atoms with Gasteiger partial charge in [0.05, 0.1) is 6.61 Å². The van der Waals surface area contributed by atoms with Crippen molar-refractivity contribution in [2.24, 2.45) is 0 Å². The Hall–Kier alpha value is -0.140. The molecule has 2 unspecified atom stereocenters. The Kier molecular flexibility index (Phi) is 6.04. The molecule has 0 radical (unpaired) electrons. The van der Waals surface area contributed by atoms with Crippen LogP contribution in [0.3, 0.4) is 0 Å². The normalized spacial score (nSPS) is 17.1. The molecule has 0 saturated carbocycles. The Morgan fingerprint density at radius 1 is 1.40 bits per heavy atom. The zero-order valence-corrected chi connectivity index (χ0v) is 15.3. The van der Waals surface area contributed by atoms with Gasteiger partial charge in [0, 0.05) is 31.7 Å². The van der Waals surface area contributed by atoms with Crippen molar-refractivity contribution in [3.8, 4) is 0 Å². The third kappa shape index (κ3) is 3.95. The Balaban J connectivity index is 3.21. The topological polar surface area (TPSA) is 48.4 Å². The van der Waals surface area contributed by atoms with Crippen molar-refractivity contribution in [3.05, 3.63) is 28.5 Å². The van der Waals surface area contributed by atoms with E-state index in [1.807, 2.05) is 51.2 Å². The summed E-state index contributed by atoms with van der Waals surface area (Å²) in [5.74, 6) is 0. The van der Waals surface area contributed by atoms with Crippen LogP contribution < -0.4 is 0 Å². The molecule has 6 heteroatoms. The lowest BCUT2D eigenvalue weighted by atomic mass is 9.94. The molecule has 1 aromatic heterocycles. The van der Waals surface area contributed by atoms with Crippen LogP contribution in [0.1, 0.15) is 33.3 Å². The second-order valence-corrected chi connectivity index (χ2v) is 9.02. The average Bonchev–Trinajstić information content (AvgIpc) is 2.36. The number of rotatable bonds is 5. The summed E-state index contributed by atoms with van der Waals surface area (Å²) in [7, 11) is 3.52. The Morgan fingerprint density at radius 2 is 2.00 bits per heavy atom. The Morgan fingerprint density at radius 3 is 2.45 bits per heavy atom. The molecule has 0 saturated heterocycles. The van der Waals surface area contributed by atoms with E-state index in [9.17, 15) is 4.55 Å². The minimum Gasteiger partial charge on any atom is -0.597 e. The summed E-state index contributed by atoms with van der Waals surface area (Å²) in [6, 6.07) is 3.87. The van der Waals surface area contributed by atoms with Gasteiger partial charge >= 0.3 is 0 Å². The van der Waals surface area contributed by atoms with E-state index in [1.54, 1.807) is 13.3 Å². The van der Waals surface area contributed by atoms with Gasteiger partial charge in [-0.1, -0.05) is 0 Å². The fraction of sp³-hybridized carbons (Fsp3) is 0.643. The molecule has 0 fully saturated rings. The van der Waals surface area contributed by atoms with E-state index in [2.05, 4.69) is 20.9 Å². The van der Waals surface area contributed by atoms with Gasteiger partial charge in [0.2, 0.25) is 0 Å². The monoisotopic (exact) mass is 362 g/mol. The largest absolute Gasteiger partial charge is 0.597 e. The molecule has 0 aliphatic heterocycles. The van der Waals surface area contributed by atoms with Crippen LogP contribution in [-0.4, -0.2) is 39.4 Å². The number of methoxy groups -OCH3 is 1. The second-order valence-electron chi connectivity index (χ2n) is 5.93. The lowest BCUT2D eigenvalue weighted by molar-refractivity contribution is 0.0789. The van der Waals surface area contributed by atoms with Crippen molar-refractivity contribution in [2.75, 3.05) is 20.8 Å². The van der Waals surface area contributed by atoms with Gasteiger partial charge in [-0.3, -0.25) is 0 Å². The predicted molar refractivity (Wildman–Crippen MR) is 86.8 cm³/mol. The number of ether oxygens (including phenoxy) is 1. The van der Waals surface area contributed by atoms with Crippen molar-refractivity contribution in [3.63, 3.8) is 0 Å². The van der Waals surface area contributed by atoms with Crippen LogP contribution >= 0.6 is 15.9 Å². The number of pyridine rings is 1. The molecule has 0 aromatic carbocycles. The zero-order chi connectivity index (χ0) is 15.6. The summed E-state index contributed by atoms with van der Waals surface area (Å²) in [6.45, 7) is 8.38. The summed E-state index contributed by atoms with van der Waals surface area (Å²) in [5, 5.41) is 0. The van der Waals surface area contributed by atoms with Gasteiger partial charge in [-0.2, -0.15) is 0 Å². The van der Waals surface area contributed by atoms with Gasteiger partial charge in [-0.15, -0.1) is 4.31 Å². The number of hydrogen-bond donors (Lipinski definition) is 0. The molecule has 0 spiro atoms. The highest BCUT2D eigenvalue weighted by Crippen LogP contribution is 2.34. The average molecular weight is 363 g/mol. The molecule has 1 heterocycles. The van der Waals surface area contributed by atoms with Gasteiger partial charge in [-0.25, -0.2) is 4.98 Å². The van der Waals surface area contributed by atoms with Gasteiger partial charge in [0.15, 0.2) is 0 Å². The van der Waals surface area contributed by atoms with Crippen LogP contribution in [0.2, 0.25) is 0 Å². The predicted octanol–water partition coefficient (Wildman–Crippen LogP) is 3.10. The van der Waals surface area contributed by atoms with E-state index < -0.39 is 16.9 Å². The number of hydrogen-bond acceptors (Lipinski definition) is 4. The maximum atomic E-state index is 12.7. The van der Waals surface area contributed by atoms with E-state index in [0.717, 1.165) is 10.2 Å². The highest BCUT2D eigenvalue weighted by Gasteiger charge is 2.43. The Labute approximate surface area is 133 Å². The van der Waals surface area contributed by atoms with Crippen LogP contribution in [0, 0.1) is 0 Å². The number of aromatic nitrogens is 1. The van der Waals surface area contributed by atoms with Crippen LogP contribution in [0.4, 0.5) is 0 Å². The molecule has 0 aliphatic rings. The number of halogens is 1. The number of nitrogens with zero attached hydrogens (tertiary/aromatic N) is 2. The first-order valence-corrected chi connectivity index (χ1v) is 8.29. The van der Waals surface area contributed by atoms with Gasteiger partial charge in [0.1, 0.15) is 14.9 Å². The molecule has 0 aliphatic carbocycles. The van der Waals surface area contributed by atoms with Crippen LogP contribution in [0.5, 0.6) is 0 Å². The van der Waals surface area contributed by atoms with E-state index in [0.29, 0.717) is 6.61 Å². The van der Waals surface area contributed by atoms with Crippen molar-refractivity contribution < 1.29 is 9.29 Å². The maximum Gasteiger partial charge on any atom is 0.137 e. The molecule has 4 nitrogen and oxygen atoms in total. The minimum atomic E-state index is -1.14. The number of likely N-dealkylation sites (N-methyl/N-ethyl adjacent to an activating group) is 1. The smallest absolute Gasteiger partial charge is 0.137 e. The molecule has 1 rings (SSSR count). The summed E-state index contributed by atoms with van der Waals surface area (Å²) in [6.07, 6.45) is 1.74. The lowest BCUT2D eigenvalue weighted by Crippen LogP contribution is -2.53. The molecule has 1 aromatic rings. The van der Waals surface area contributed by atoms with E-state index in [-0.39, 0.29) is 4.75 Å². The Bertz CT molecular complexity index is 453. The lowest BCUT2D eigenvalue weighted by Gasteiger charge is -2.41. The van der Waals surface area contributed by atoms with E-state index in [1.165, 1.54) is 0 Å². The van der Waals surface area contributed by atoms with Crippen molar-refractivity contribution in [1.29, 1.82) is 0 Å². The molecule has 114 valence electrons. The van der Waals surface area contributed by atoms with Gasteiger partial charge in [-0.05, 0) is 61.3 Å². The van der Waals surface area contributed by atoms with E-state index >= 15 is 0 Å². The molecular formula is C14H23BrN2O2S. The van der Waals surface area contributed by atoms with Crippen molar-refractivity contribution in [2.45, 2.75) is 38.0 Å². The first-order chi connectivity index (χ1) is 9.13. The minimum absolute atomic E-state index is 0.325. The molecule has 0 N–H and O–H groups in total. The van der Waals surface area contributed by atoms with Crippen molar-refractivity contribution >= 4 is 27.3 Å². The zero-order valence-electron chi connectivity index (χ0n) is 12.9. The highest BCUT2D eigenvalue weighted by molar-refractivity contribution is 9.10. The van der Waals surface area contributed by atoms with Crippen LogP contribution in [0.15, 0.2) is 22.9 Å². The first kappa shape index (κ1) is 17.9. The molecule has 2 atom stereocenters. The SMILES string of the molecule is COCC(C)(c1ccnc(Br)c1)N(C)[S+]([O-])C(C)(C)C. The van der Waals surface area contributed by atoms with Crippen LogP contribution in [0.25, 0.3) is 0 Å². The first-order valence-electron chi connectivity index (χ1n) is 6.39. The molecule has 20 heavy (non-hydrogen) atoms. The van der Waals surface area contributed by atoms with Crippen LogP contribution in [-0.2, 0) is 21.6 Å². The second kappa shape index (κ2) is 6.75. The molecular weight excluding hydrogens is 340 g/mol. The summed E-state index contributed by atoms with van der Waals surface area (Å²) >= 11 is 2.24. The molecule has 0 bridgehead atoms. The fourth-order valence-corrected chi connectivity index (χ4v) is 3.68. The summed E-state index contributed by atoms with van der Waals surface area (Å²) in [5.41, 5.74) is 0.527. The summed E-state index contributed by atoms with van der Waals surface area (Å²) < 4.78 is 20.4. The van der Waals surface area contributed by atoms with E-state index in [4.69, 9.17) is 4.74 Å². The fourth-order valence-electron chi connectivity index (χ4n) is 1.97. The standard InChI is InChI=1S/C14H23BrN2O2S/c1-13(2,3)20(18)17(5)14(4,10-19-6)11-7-8-16-12(15)9-11/h7-9H,10H2,1-6H3. The third-order valence-electron chi connectivity index (χ3n) is 3.24. The maximum absolute atomic E-state index is 12.7. The van der Waals surface area contributed by atoms with Gasteiger partial charge in [0.25, 0.3) is 0 Å². The quantitative estimate of drug-likeness (QED) is 0.596. The highest BCUT2D eigenvalue weighted by atomic mass is 79.9.